The summed E-state index contributed by atoms with van der Waals surface area (Å²) < 4.78 is 7.92. The number of nitrogens with zero attached hydrogens (tertiary/aromatic N) is 3. The van der Waals surface area contributed by atoms with Crippen molar-refractivity contribution in [2.45, 2.75) is 31.0 Å². The highest BCUT2D eigenvalue weighted by Crippen LogP contribution is 2.28. The van der Waals surface area contributed by atoms with Crippen molar-refractivity contribution in [3.05, 3.63) is 83.1 Å². The molecule has 0 amide bonds. The molecule has 3 aromatic carbocycles. The lowest BCUT2D eigenvalue weighted by Gasteiger charge is -2.10. The predicted octanol–water partition coefficient (Wildman–Crippen LogP) is 5.98. The molecule has 4 nitrogen and oxygen atoms in total. The molecule has 6 heteroatoms. The molecule has 0 bridgehead atoms. The van der Waals surface area contributed by atoms with Crippen LogP contribution in [0.15, 0.2) is 71.9 Å². The minimum absolute atomic E-state index is 0.333. The van der Waals surface area contributed by atoms with Crippen LogP contribution in [-0.2, 0) is 18.9 Å². The van der Waals surface area contributed by atoms with Crippen LogP contribution in [0.3, 0.4) is 0 Å². The van der Waals surface area contributed by atoms with Gasteiger partial charge in [0.1, 0.15) is 12.4 Å². The van der Waals surface area contributed by atoms with Gasteiger partial charge in [-0.1, -0.05) is 78.0 Å². The van der Waals surface area contributed by atoms with Crippen LogP contribution in [0, 0.1) is 0 Å². The van der Waals surface area contributed by atoms with E-state index < -0.39 is 0 Å². The van der Waals surface area contributed by atoms with Crippen LogP contribution in [0.25, 0.3) is 10.8 Å². The first-order valence-corrected chi connectivity index (χ1v) is 10.5. The van der Waals surface area contributed by atoms with Gasteiger partial charge >= 0.3 is 0 Å². The van der Waals surface area contributed by atoms with Crippen LogP contribution in [0.1, 0.15) is 18.3 Å². The van der Waals surface area contributed by atoms with Gasteiger partial charge in [0.15, 0.2) is 11.0 Å². The fourth-order valence-corrected chi connectivity index (χ4v) is 4.33. The topological polar surface area (TPSA) is 39.9 Å². The van der Waals surface area contributed by atoms with E-state index in [0.29, 0.717) is 17.4 Å². The van der Waals surface area contributed by atoms with Crippen molar-refractivity contribution in [1.29, 1.82) is 0 Å². The van der Waals surface area contributed by atoms with Crippen LogP contribution in [-0.4, -0.2) is 14.8 Å². The van der Waals surface area contributed by atoms with Crippen molar-refractivity contribution in [2.75, 3.05) is 0 Å². The summed E-state index contributed by atoms with van der Waals surface area (Å²) in [5, 5.41) is 12.7. The molecule has 4 aromatic rings. The minimum Gasteiger partial charge on any atom is -0.484 e. The van der Waals surface area contributed by atoms with Gasteiger partial charge in [-0.2, -0.15) is 0 Å². The van der Waals surface area contributed by atoms with Gasteiger partial charge in [0.2, 0.25) is 0 Å². The third kappa shape index (κ3) is 4.01. The monoisotopic (exact) mass is 409 g/mol. The third-order valence-electron chi connectivity index (χ3n) is 4.54. The summed E-state index contributed by atoms with van der Waals surface area (Å²) in [6, 6.07) is 22.3. The second kappa shape index (κ2) is 8.67. The van der Waals surface area contributed by atoms with Gasteiger partial charge < -0.3 is 9.30 Å². The van der Waals surface area contributed by atoms with Crippen molar-refractivity contribution in [2.24, 2.45) is 0 Å². The largest absolute Gasteiger partial charge is 0.484 e. The molecule has 1 aromatic heterocycles. The maximum absolute atomic E-state index is 6.16. The lowest BCUT2D eigenvalue weighted by molar-refractivity contribution is 0.288. The maximum atomic E-state index is 6.16. The molecule has 0 aliphatic rings. The number of rotatable bonds is 7. The number of fused-ring (bicyclic) bond motifs is 1. The zero-order valence-electron chi connectivity index (χ0n) is 15.5. The SMILES string of the molecule is CCn1c(COc2ccccc2Cl)nnc1SCc1cccc2ccccc12. The Morgan fingerprint density at radius 2 is 1.75 bits per heavy atom. The van der Waals surface area contributed by atoms with E-state index in [4.69, 9.17) is 16.3 Å². The number of ether oxygens (including phenoxy) is 1. The van der Waals surface area contributed by atoms with Crippen molar-refractivity contribution in [1.82, 2.24) is 14.8 Å². The summed E-state index contributed by atoms with van der Waals surface area (Å²) in [6.45, 7) is 3.20. The number of thioether (sulfide) groups is 1. The number of hydrogen-bond acceptors (Lipinski definition) is 4. The molecule has 0 aliphatic heterocycles. The van der Waals surface area contributed by atoms with Gasteiger partial charge in [0, 0.05) is 12.3 Å². The predicted molar refractivity (Wildman–Crippen MR) is 115 cm³/mol. The van der Waals surface area contributed by atoms with Gasteiger partial charge in [0.25, 0.3) is 0 Å². The van der Waals surface area contributed by atoms with E-state index in [0.717, 1.165) is 23.3 Å². The van der Waals surface area contributed by atoms with Crippen molar-refractivity contribution < 1.29 is 4.74 Å². The molecule has 0 radical (unpaired) electrons. The summed E-state index contributed by atoms with van der Waals surface area (Å²) in [5.74, 6) is 2.29. The zero-order chi connectivity index (χ0) is 19.3. The first-order valence-electron chi connectivity index (χ1n) is 9.15. The molecule has 142 valence electrons. The Kier molecular flexibility index (Phi) is 5.84. The highest BCUT2D eigenvalue weighted by Gasteiger charge is 2.13. The van der Waals surface area contributed by atoms with E-state index in [2.05, 4.69) is 64.2 Å². The molecule has 0 fully saturated rings. The molecule has 0 saturated heterocycles. The van der Waals surface area contributed by atoms with E-state index in [9.17, 15) is 0 Å². The lowest BCUT2D eigenvalue weighted by atomic mass is 10.1. The average molecular weight is 410 g/mol. The van der Waals surface area contributed by atoms with Crippen molar-refractivity contribution in [3.63, 3.8) is 0 Å². The second-order valence-corrected chi connectivity index (χ2v) is 7.64. The highest BCUT2D eigenvalue weighted by molar-refractivity contribution is 7.98. The molecule has 0 unspecified atom stereocenters. The second-order valence-electron chi connectivity index (χ2n) is 6.29. The van der Waals surface area contributed by atoms with Gasteiger partial charge in [-0.15, -0.1) is 10.2 Å². The Bertz CT molecular complexity index is 1090. The van der Waals surface area contributed by atoms with E-state index >= 15 is 0 Å². The van der Waals surface area contributed by atoms with E-state index in [1.165, 1.54) is 16.3 Å². The van der Waals surface area contributed by atoms with Crippen LogP contribution < -0.4 is 4.74 Å². The number of aromatic nitrogens is 3. The first kappa shape index (κ1) is 18.8. The average Bonchev–Trinajstić information content (AvgIpc) is 3.13. The maximum Gasteiger partial charge on any atom is 0.191 e. The summed E-state index contributed by atoms with van der Waals surface area (Å²) in [6.07, 6.45) is 0. The standard InChI is InChI=1S/C22H20ClN3OS/c1-2-26-21(14-27-20-13-6-5-12-19(20)23)24-25-22(26)28-15-17-10-7-9-16-8-3-4-11-18(16)17/h3-13H,2,14-15H2,1H3. The Balaban J connectivity index is 1.49. The van der Waals surface area contributed by atoms with Crippen LogP contribution in [0.5, 0.6) is 5.75 Å². The minimum atomic E-state index is 0.333. The van der Waals surface area contributed by atoms with Crippen molar-refractivity contribution >= 4 is 34.1 Å². The molecule has 1 heterocycles. The van der Waals surface area contributed by atoms with Gasteiger partial charge in [-0.25, -0.2) is 0 Å². The third-order valence-corrected chi connectivity index (χ3v) is 5.87. The first-order chi connectivity index (χ1) is 13.8. The van der Waals surface area contributed by atoms with E-state index in [-0.39, 0.29) is 0 Å². The molecule has 0 aliphatic carbocycles. The van der Waals surface area contributed by atoms with Crippen molar-refractivity contribution in [3.8, 4) is 5.75 Å². The Hall–Kier alpha value is -2.50. The van der Waals surface area contributed by atoms with Crippen LogP contribution >= 0.6 is 23.4 Å². The normalized spacial score (nSPS) is 11.1. The van der Waals surface area contributed by atoms with Gasteiger partial charge in [0.05, 0.1) is 5.02 Å². The van der Waals surface area contributed by atoms with Gasteiger partial charge in [-0.05, 0) is 35.4 Å². The molecule has 0 atom stereocenters. The lowest BCUT2D eigenvalue weighted by Crippen LogP contribution is -2.07. The fraction of sp³-hybridized carbons (Fsp3) is 0.182. The Morgan fingerprint density at radius 1 is 0.964 bits per heavy atom. The molecule has 0 spiro atoms. The molecule has 0 N–H and O–H groups in total. The summed E-state index contributed by atoms with van der Waals surface area (Å²) in [4.78, 5) is 0. The number of halogens is 1. The molecule has 4 rings (SSSR count). The van der Waals surface area contributed by atoms with Crippen LogP contribution in [0.4, 0.5) is 0 Å². The Labute approximate surface area is 173 Å². The summed E-state index contributed by atoms with van der Waals surface area (Å²) in [7, 11) is 0. The quantitative estimate of drug-likeness (QED) is 0.352. The highest BCUT2D eigenvalue weighted by atomic mass is 35.5. The number of para-hydroxylation sites is 1. The van der Waals surface area contributed by atoms with Crippen LogP contribution in [0.2, 0.25) is 5.02 Å². The fourth-order valence-electron chi connectivity index (χ4n) is 3.11. The van der Waals surface area contributed by atoms with Gasteiger partial charge in [-0.3, -0.25) is 0 Å². The molecule has 28 heavy (non-hydrogen) atoms. The molecular weight excluding hydrogens is 390 g/mol. The van der Waals surface area contributed by atoms with E-state index in [1.807, 2.05) is 24.3 Å². The molecular formula is C22H20ClN3OS. The smallest absolute Gasteiger partial charge is 0.191 e. The van der Waals surface area contributed by atoms with E-state index in [1.54, 1.807) is 11.8 Å². The summed E-state index contributed by atoms with van der Waals surface area (Å²) in [5.41, 5.74) is 1.29. The summed E-state index contributed by atoms with van der Waals surface area (Å²) >= 11 is 7.86. The number of benzene rings is 3. The molecule has 0 saturated carbocycles. The number of hydrogen-bond donors (Lipinski definition) is 0. The Morgan fingerprint density at radius 3 is 2.61 bits per heavy atom. The zero-order valence-corrected chi connectivity index (χ0v) is 17.1.